The lowest BCUT2D eigenvalue weighted by atomic mass is 9.73. The molecule has 1 aromatic carbocycles. The summed E-state index contributed by atoms with van der Waals surface area (Å²) in [5.41, 5.74) is 1.69. The number of imide groups is 1. The molecule has 29 heavy (non-hydrogen) atoms. The molecule has 2 atom stereocenters. The summed E-state index contributed by atoms with van der Waals surface area (Å²) in [5.74, 6) is -1.66. The van der Waals surface area contributed by atoms with E-state index in [2.05, 4.69) is 10.6 Å². The van der Waals surface area contributed by atoms with Crippen LogP contribution in [0.15, 0.2) is 18.2 Å². The molecular formula is C21H27N3O5. The molecule has 1 aromatic rings. The molecule has 4 amide bonds. The molecule has 1 saturated heterocycles. The van der Waals surface area contributed by atoms with E-state index in [1.54, 1.807) is 6.07 Å². The third kappa shape index (κ3) is 4.11. The van der Waals surface area contributed by atoms with Crippen LogP contribution < -0.4 is 10.6 Å². The van der Waals surface area contributed by atoms with E-state index in [1.165, 1.54) is 0 Å². The largest absolute Gasteiger partial charge is 0.454 e. The van der Waals surface area contributed by atoms with Gasteiger partial charge in [-0.15, -0.1) is 0 Å². The fraction of sp³-hybridized carbons (Fsp3) is 0.524. The number of rotatable bonds is 5. The molecule has 2 N–H and O–H groups in total. The Morgan fingerprint density at radius 2 is 2.03 bits per heavy atom. The van der Waals surface area contributed by atoms with E-state index in [1.807, 2.05) is 32.9 Å². The first-order valence-electron chi connectivity index (χ1n) is 9.90. The summed E-state index contributed by atoms with van der Waals surface area (Å²) in [4.78, 5) is 50.3. The smallest absolute Gasteiger partial charge is 0.326 e. The van der Waals surface area contributed by atoms with Crippen molar-refractivity contribution in [1.82, 2.24) is 10.2 Å². The predicted molar refractivity (Wildman–Crippen MR) is 106 cm³/mol. The third-order valence-corrected chi connectivity index (χ3v) is 6.03. The summed E-state index contributed by atoms with van der Waals surface area (Å²) in [6.07, 6.45) is 3.29. The van der Waals surface area contributed by atoms with Gasteiger partial charge in [0.1, 0.15) is 12.1 Å². The van der Waals surface area contributed by atoms with E-state index in [0.717, 1.165) is 35.3 Å². The first kappa shape index (κ1) is 20.8. The highest BCUT2D eigenvalue weighted by Gasteiger charge is 2.55. The lowest BCUT2D eigenvalue weighted by Gasteiger charge is -2.36. The Kier molecular flexibility index (Phi) is 5.91. The van der Waals surface area contributed by atoms with E-state index >= 15 is 0 Å². The van der Waals surface area contributed by atoms with Gasteiger partial charge in [-0.05, 0) is 49.8 Å². The Bertz CT molecular complexity index is 853. The van der Waals surface area contributed by atoms with Crippen molar-refractivity contribution in [2.24, 2.45) is 5.92 Å². The van der Waals surface area contributed by atoms with Crippen LogP contribution in [0.2, 0.25) is 0 Å². The molecule has 2 aliphatic rings. The fourth-order valence-electron chi connectivity index (χ4n) is 4.03. The Morgan fingerprint density at radius 1 is 1.28 bits per heavy atom. The molecule has 1 spiro atoms. The number of esters is 1. The third-order valence-electron chi connectivity index (χ3n) is 6.03. The zero-order valence-corrected chi connectivity index (χ0v) is 17.0. The zero-order chi connectivity index (χ0) is 21.2. The standard InChI is InChI=1S/C21H27N3O5/c1-13-7-6-9-16(15(13)3)22-17(25)12-29-18(26)11-24-19(27)21(23-20(24)28)10-5-4-8-14(21)2/h6-7,9,14H,4-5,8,10-12H2,1-3H3,(H,22,25)(H,23,28)/t14-,21+/m1/s1. The molecule has 1 saturated carbocycles. The molecule has 1 aliphatic heterocycles. The van der Waals surface area contributed by atoms with Crippen LogP contribution in [0.5, 0.6) is 0 Å². The SMILES string of the molecule is Cc1cccc(NC(=O)COC(=O)CN2C(=O)N[C@]3(CCCC[C@H]3C)C2=O)c1C. The van der Waals surface area contributed by atoms with Crippen LogP contribution in [-0.2, 0) is 19.1 Å². The van der Waals surface area contributed by atoms with Crippen LogP contribution in [0.3, 0.4) is 0 Å². The number of amides is 4. The monoisotopic (exact) mass is 401 g/mol. The van der Waals surface area contributed by atoms with E-state index in [0.29, 0.717) is 12.1 Å². The highest BCUT2D eigenvalue weighted by molar-refractivity contribution is 6.09. The molecular weight excluding hydrogens is 374 g/mol. The average Bonchev–Trinajstić information content (AvgIpc) is 2.91. The molecule has 0 unspecified atom stereocenters. The van der Waals surface area contributed by atoms with E-state index in [-0.39, 0.29) is 11.8 Å². The van der Waals surface area contributed by atoms with Crippen LogP contribution in [0, 0.1) is 19.8 Å². The van der Waals surface area contributed by atoms with Crippen LogP contribution in [-0.4, -0.2) is 47.4 Å². The average molecular weight is 401 g/mol. The van der Waals surface area contributed by atoms with Crippen molar-refractivity contribution in [3.8, 4) is 0 Å². The van der Waals surface area contributed by atoms with Crippen molar-refractivity contribution in [2.45, 2.75) is 52.0 Å². The quantitative estimate of drug-likeness (QED) is 0.582. The maximum absolute atomic E-state index is 12.8. The van der Waals surface area contributed by atoms with Gasteiger partial charge in [-0.25, -0.2) is 4.79 Å². The number of aryl methyl sites for hydroxylation is 1. The van der Waals surface area contributed by atoms with Crippen LogP contribution >= 0.6 is 0 Å². The summed E-state index contributed by atoms with van der Waals surface area (Å²) < 4.78 is 4.98. The zero-order valence-electron chi connectivity index (χ0n) is 17.0. The molecule has 1 aliphatic carbocycles. The number of nitrogens with one attached hydrogen (secondary N) is 2. The highest BCUT2D eigenvalue weighted by Crippen LogP contribution is 2.38. The number of benzene rings is 1. The topological polar surface area (TPSA) is 105 Å². The minimum absolute atomic E-state index is 0.0112. The van der Waals surface area contributed by atoms with Crippen molar-refractivity contribution in [2.75, 3.05) is 18.5 Å². The number of anilines is 1. The van der Waals surface area contributed by atoms with Gasteiger partial charge in [0.05, 0.1) is 0 Å². The van der Waals surface area contributed by atoms with Crippen LogP contribution in [0.1, 0.15) is 43.7 Å². The Morgan fingerprint density at radius 3 is 2.76 bits per heavy atom. The van der Waals surface area contributed by atoms with E-state index in [4.69, 9.17) is 4.74 Å². The number of hydrogen-bond acceptors (Lipinski definition) is 5. The minimum Gasteiger partial charge on any atom is -0.454 e. The van der Waals surface area contributed by atoms with Gasteiger partial charge in [-0.1, -0.05) is 31.9 Å². The van der Waals surface area contributed by atoms with Crippen LogP contribution in [0.4, 0.5) is 10.5 Å². The Labute approximate surface area is 170 Å². The first-order chi connectivity index (χ1) is 13.7. The van der Waals surface area contributed by atoms with Gasteiger partial charge in [0.2, 0.25) is 0 Å². The highest BCUT2D eigenvalue weighted by atomic mass is 16.5. The second kappa shape index (κ2) is 8.23. The summed E-state index contributed by atoms with van der Waals surface area (Å²) in [5, 5.41) is 5.48. The fourth-order valence-corrected chi connectivity index (χ4v) is 4.03. The van der Waals surface area contributed by atoms with Gasteiger partial charge in [0.15, 0.2) is 6.61 Å². The maximum Gasteiger partial charge on any atom is 0.326 e. The minimum atomic E-state index is -0.921. The number of hydrogen-bond donors (Lipinski definition) is 2. The summed E-state index contributed by atoms with van der Waals surface area (Å²) in [6.45, 7) is 4.77. The predicted octanol–water partition coefficient (Wildman–Crippen LogP) is 2.29. The maximum atomic E-state index is 12.8. The molecule has 3 rings (SSSR count). The van der Waals surface area contributed by atoms with E-state index < -0.39 is 36.6 Å². The summed E-state index contributed by atoms with van der Waals surface area (Å²) in [7, 11) is 0. The van der Waals surface area contributed by atoms with Gasteiger partial charge >= 0.3 is 12.0 Å². The van der Waals surface area contributed by atoms with Gasteiger partial charge in [0, 0.05) is 5.69 Å². The van der Waals surface area contributed by atoms with Crippen molar-refractivity contribution in [1.29, 1.82) is 0 Å². The molecule has 0 radical (unpaired) electrons. The molecule has 156 valence electrons. The molecule has 2 fully saturated rings. The van der Waals surface area contributed by atoms with Crippen molar-refractivity contribution >= 4 is 29.5 Å². The second-order valence-electron chi connectivity index (χ2n) is 7.90. The van der Waals surface area contributed by atoms with Crippen LogP contribution in [0.25, 0.3) is 0 Å². The van der Waals surface area contributed by atoms with Gasteiger partial charge < -0.3 is 15.4 Å². The molecule has 8 heteroatoms. The van der Waals surface area contributed by atoms with Gasteiger partial charge in [-0.3, -0.25) is 19.3 Å². The summed E-state index contributed by atoms with van der Waals surface area (Å²) in [6, 6.07) is 4.94. The molecule has 0 aromatic heterocycles. The molecule has 1 heterocycles. The van der Waals surface area contributed by atoms with Crippen molar-refractivity contribution in [3.63, 3.8) is 0 Å². The first-order valence-corrected chi connectivity index (χ1v) is 9.90. The molecule has 0 bridgehead atoms. The molecule has 8 nitrogen and oxygen atoms in total. The lowest BCUT2D eigenvalue weighted by molar-refractivity contribution is -0.150. The van der Waals surface area contributed by atoms with Crippen molar-refractivity contribution in [3.05, 3.63) is 29.3 Å². The van der Waals surface area contributed by atoms with Crippen molar-refractivity contribution < 1.29 is 23.9 Å². The normalized spacial score (nSPS) is 23.8. The van der Waals surface area contributed by atoms with E-state index in [9.17, 15) is 19.2 Å². The number of carbonyl (C=O) groups excluding carboxylic acids is 4. The van der Waals surface area contributed by atoms with Gasteiger partial charge in [-0.2, -0.15) is 0 Å². The number of carbonyl (C=O) groups is 4. The number of nitrogens with zero attached hydrogens (tertiary/aromatic N) is 1. The lowest BCUT2D eigenvalue weighted by Crippen LogP contribution is -2.54. The second-order valence-corrected chi connectivity index (χ2v) is 7.90. The van der Waals surface area contributed by atoms with Gasteiger partial charge in [0.25, 0.3) is 11.8 Å². The Balaban J connectivity index is 1.54. The number of ether oxygens (including phenoxy) is 1. The Hall–Kier alpha value is -2.90. The summed E-state index contributed by atoms with van der Waals surface area (Å²) >= 11 is 0. The number of urea groups is 1.